The summed E-state index contributed by atoms with van der Waals surface area (Å²) in [6.07, 6.45) is 1.43. The molecule has 8 nitrogen and oxygen atoms in total. The predicted molar refractivity (Wildman–Crippen MR) is 69.1 cm³/mol. The molecule has 0 saturated heterocycles. The van der Waals surface area contributed by atoms with Crippen LogP contribution in [0, 0.1) is 13.8 Å². The first-order chi connectivity index (χ1) is 9.60. The van der Waals surface area contributed by atoms with E-state index in [0.717, 1.165) is 0 Å². The van der Waals surface area contributed by atoms with Gasteiger partial charge in [-0.05, 0) is 13.8 Å². The second-order valence-corrected chi connectivity index (χ2v) is 4.00. The van der Waals surface area contributed by atoms with Crippen LogP contribution < -0.4 is 5.32 Å². The molecule has 2 heterocycles. The third-order valence-electron chi connectivity index (χ3n) is 2.45. The van der Waals surface area contributed by atoms with E-state index in [2.05, 4.69) is 25.4 Å². The highest BCUT2D eigenvalue weighted by molar-refractivity contribution is 5.90. The van der Waals surface area contributed by atoms with Gasteiger partial charge in [-0.1, -0.05) is 5.16 Å². The molecule has 0 radical (unpaired) electrons. The summed E-state index contributed by atoms with van der Waals surface area (Å²) in [4.78, 5) is 23.9. The molecular formula is C12H15N5O3. The van der Waals surface area contributed by atoms with Crippen molar-refractivity contribution in [2.45, 2.75) is 27.3 Å². The maximum absolute atomic E-state index is 11.6. The molecule has 0 aliphatic carbocycles. The van der Waals surface area contributed by atoms with E-state index < -0.39 is 5.97 Å². The van der Waals surface area contributed by atoms with E-state index in [-0.39, 0.29) is 0 Å². The maximum Gasteiger partial charge on any atom is 0.341 e. The summed E-state index contributed by atoms with van der Waals surface area (Å²) in [5.41, 5.74) is 0.901. The first-order valence-electron chi connectivity index (χ1n) is 6.14. The van der Waals surface area contributed by atoms with Crippen molar-refractivity contribution in [2.75, 3.05) is 11.9 Å². The second kappa shape index (κ2) is 6.09. The minimum Gasteiger partial charge on any atom is -0.462 e. The summed E-state index contributed by atoms with van der Waals surface area (Å²) in [5.74, 6) is 0.970. The molecule has 0 atom stereocenters. The van der Waals surface area contributed by atoms with Gasteiger partial charge in [0.15, 0.2) is 5.82 Å². The van der Waals surface area contributed by atoms with E-state index in [1.807, 2.05) is 0 Å². The van der Waals surface area contributed by atoms with Gasteiger partial charge in [-0.2, -0.15) is 4.98 Å². The summed E-state index contributed by atoms with van der Waals surface area (Å²) in [7, 11) is 0. The molecule has 0 fully saturated rings. The number of hydrogen-bond acceptors (Lipinski definition) is 8. The van der Waals surface area contributed by atoms with Crippen molar-refractivity contribution in [1.29, 1.82) is 0 Å². The first kappa shape index (κ1) is 13.9. The predicted octanol–water partition coefficient (Wildman–Crippen LogP) is 1.27. The molecular weight excluding hydrogens is 262 g/mol. The van der Waals surface area contributed by atoms with E-state index >= 15 is 0 Å². The smallest absolute Gasteiger partial charge is 0.341 e. The van der Waals surface area contributed by atoms with Crippen LogP contribution in [-0.4, -0.2) is 32.7 Å². The van der Waals surface area contributed by atoms with Gasteiger partial charge in [0.25, 0.3) is 0 Å². The number of anilines is 1. The molecule has 8 heteroatoms. The molecule has 0 aliphatic rings. The molecule has 1 N–H and O–H groups in total. The van der Waals surface area contributed by atoms with Crippen LogP contribution in [0.15, 0.2) is 10.7 Å². The number of nitrogens with zero attached hydrogens (tertiary/aromatic N) is 4. The number of ether oxygens (including phenoxy) is 1. The number of rotatable bonds is 5. The number of carbonyl (C=O) groups excluding carboxylic acids is 1. The molecule has 106 valence electrons. The van der Waals surface area contributed by atoms with E-state index in [0.29, 0.717) is 42.1 Å². The topological polar surface area (TPSA) is 103 Å². The average molecular weight is 277 g/mol. The van der Waals surface area contributed by atoms with Crippen molar-refractivity contribution in [1.82, 2.24) is 20.1 Å². The summed E-state index contributed by atoms with van der Waals surface area (Å²) >= 11 is 0. The van der Waals surface area contributed by atoms with Gasteiger partial charge in [0.2, 0.25) is 11.8 Å². The zero-order chi connectivity index (χ0) is 14.5. The third kappa shape index (κ3) is 3.28. The molecule has 2 aromatic heterocycles. The molecule has 0 unspecified atom stereocenters. The van der Waals surface area contributed by atoms with Gasteiger partial charge in [0, 0.05) is 13.1 Å². The zero-order valence-corrected chi connectivity index (χ0v) is 11.5. The molecule has 20 heavy (non-hydrogen) atoms. The Balaban J connectivity index is 2.03. The fourth-order valence-corrected chi connectivity index (χ4v) is 1.53. The highest BCUT2D eigenvalue weighted by atomic mass is 16.5. The first-order valence-corrected chi connectivity index (χ1v) is 6.14. The van der Waals surface area contributed by atoms with Gasteiger partial charge in [0.1, 0.15) is 0 Å². The lowest BCUT2D eigenvalue weighted by atomic mass is 10.2. The highest BCUT2D eigenvalue weighted by Crippen LogP contribution is 2.09. The van der Waals surface area contributed by atoms with Crippen LogP contribution in [0.2, 0.25) is 0 Å². The Morgan fingerprint density at radius 2 is 2.20 bits per heavy atom. The van der Waals surface area contributed by atoms with Gasteiger partial charge in [-0.15, -0.1) is 0 Å². The Hall–Kier alpha value is -2.51. The highest BCUT2D eigenvalue weighted by Gasteiger charge is 2.12. The van der Waals surface area contributed by atoms with Crippen LogP contribution in [-0.2, 0) is 11.3 Å². The van der Waals surface area contributed by atoms with E-state index in [1.165, 1.54) is 6.20 Å². The Bertz CT molecular complexity index is 611. The molecule has 0 aliphatic heterocycles. The van der Waals surface area contributed by atoms with Crippen LogP contribution in [0.1, 0.15) is 34.7 Å². The fourth-order valence-electron chi connectivity index (χ4n) is 1.53. The standard InChI is InChI=1S/C12H15N5O3/c1-4-19-11(18)9-5-13-12(15-7(9)2)14-6-10-16-8(3)20-17-10/h5H,4,6H2,1-3H3,(H,13,14,15). The van der Waals surface area contributed by atoms with Crippen LogP contribution in [0.3, 0.4) is 0 Å². The maximum atomic E-state index is 11.6. The zero-order valence-electron chi connectivity index (χ0n) is 11.5. The molecule has 2 aromatic rings. The minimum absolute atomic E-state index is 0.315. The van der Waals surface area contributed by atoms with Crippen LogP contribution in [0.5, 0.6) is 0 Å². The van der Waals surface area contributed by atoms with Crippen molar-refractivity contribution in [3.63, 3.8) is 0 Å². The fraction of sp³-hybridized carbons (Fsp3) is 0.417. The lowest BCUT2D eigenvalue weighted by Gasteiger charge is -2.06. The van der Waals surface area contributed by atoms with Crippen LogP contribution >= 0.6 is 0 Å². The normalized spacial score (nSPS) is 10.3. The van der Waals surface area contributed by atoms with E-state index in [4.69, 9.17) is 9.26 Å². The van der Waals surface area contributed by atoms with Crippen LogP contribution in [0.25, 0.3) is 0 Å². The molecule has 0 amide bonds. The summed E-state index contributed by atoms with van der Waals surface area (Å²) in [6, 6.07) is 0. The Morgan fingerprint density at radius 1 is 1.40 bits per heavy atom. The quantitative estimate of drug-likeness (QED) is 0.815. The Kier molecular flexibility index (Phi) is 4.24. The minimum atomic E-state index is -0.426. The van der Waals surface area contributed by atoms with Gasteiger partial charge in [-0.3, -0.25) is 0 Å². The number of hydrogen-bond donors (Lipinski definition) is 1. The van der Waals surface area contributed by atoms with Gasteiger partial charge >= 0.3 is 5.97 Å². The summed E-state index contributed by atoms with van der Waals surface area (Å²) < 4.78 is 9.76. The summed E-state index contributed by atoms with van der Waals surface area (Å²) in [5, 5.41) is 6.70. The molecule has 0 aromatic carbocycles. The molecule has 0 saturated carbocycles. The van der Waals surface area contributed by atoms with E-state index in [1.54, 1.807) is 20.8 Å². The SMILES string of the molecule is CCOC(=O)c1cnc(NCc2noc(C)n2)nc1C. The van der Waals surface area contributed by atoms with Crippen LogP contribution in [0.4, 0.5) is 5.95 Å². The number of esters is 1. The lowest BCUT2D eigenvalue weighted by molar-refractivity contribution is 0.0524. The summed E-state index contributed by atoms with van der Waals surface area (Å²) in [6.45, 7) is 5.84. The van der Waals surface area contributed by atoms with Crippen molar-refractivity contribution >= 4 is 11.9 Å². The molecule has 2 rings (SSSR count). The Labute approximate surface area is 115 Å². The number of aromatic nitrogens is 4. The van der Waals surface area contributed by atoms with E-state index in [9.17, 15) is 4.79 Å². The largest absolute Gasteiger partial charge is 0.462 e. The number of nitrogens with one attached hydrogen (secondary N) is 1. The van der Waals surface area contributed by atoms with Crippen molar-refractivity contribution in [3.8, 4) is 0 Å². The second-order valence-electron chi connectivity index (χ2n) is 4.00. The average Bonchev–Trinajstić information content (AvgIpc) is 2.82. The third-order valence-corrected chi connectivity index (χ3v) is 2.45. The number of carbonyl (C=O) groups is 1. The van der Waals surface area contributed by atoms with Gasteiger partial charge in [-0.25, -0.2) is 14.8 Å². The molecule has 0 spiro atoms. The van der Waals surface area contributed by atoms with Crippen molar-refractivity contribution in [2.24, 2.45) is 0 Å². The Morgan fingerprint density at radius 3 is 2.80 bits per heavy atom. The lowest BCUT2D eigenvalue weighted by Crippen LogP contribution is -2.11. The number of aryl methyl sites for hydroxylation is 2. The van der Waals surface area contributed by atoms with Gasteiger partial charge < -0.3 is 14.6 Å². The van der Waals surface area contributed by atoms with Crippen molar-refractivity contribution in [3.05, 3.63) is 29.2 Å². The van der Waals surface area contributed by atoms with Gasteiger partial charge in [0.05, 0.1) is 24.4 Å². The molecule has 0 bridgehead atoms. The monoisotopic (exact) mass is 277 g/mol. The van der Waals surface area contributed by atoms with Crippen molar-refractivity contribution < 1.29 is 14.1 Å².